The van der Waals surface area contributed by atoms with E-state index in [4.69, 9.17) is 0 Å². The monoisotopic (exact) mass is 240 g/mol. The standard InChI is InChI=1S/C12H24N4O/c1-15-5-3-10(9-15)7-14-12(17)11-8-13-4-6-16(11)2/h10-11,13H,3-9H2,1-2H3,(H,14,17). The molecular formula is C12H24N4O. The minimum atomic E-state index is 0.00267. The molecule has 2 unspecified atom stereocenters. The fourth-order valence-corrected chi connectivity index (χ4v) is 2.65. The Morgan fingerprint density at radius 2 is 2.24 bits per heavy atom. The van der Waals surface area contributed by atoms with Gasteiger partial charge in [0.15, 0.2) is 0 Å². The van der Waals surface area contributed by atoms with Crippen molar-refractivity contribution in [3.8, 4) is 0 Å². The molecule has 0 aromatic carbocycles. The summed E-state index contributed by atoms with van der Waals surface area (Å²) in [5.74, 6) is 0.806. The van der Waals surface area contributed by atoms with Crippen molar-refractivity contribution >= 4 is 5.91 Å². The lowest BCUT2D eigenvalue weighted by atomic mass is 10.1. The first kappa shape index (κ1) is 12.8. The third-order valence-corrected chi connectivity index (χ3v) is 3.87. The summed E-state index contributed by atoms with van der Waals surface area (Å²) in [6, 6.07) is 0.00267. The summed E-state index contributed by atoms with van der Waals surface area (Å²) < 4.78 is 0. The molecule has 2 N–H and O–H groups in total. The number of amides is 1. The highest BCUT2D eigenvalue weighted by atomic mass is 16.2. The first-order valence-electron chi connectivity index (χ1n) is 6.54. The van der Waals surface area contributed by atoms with Gasteiger partial charge in [0.2, 0.25) is 5.91 Å². The van der Waals surface area contributed by atoms with E-state index in [-0.39, 0.29) is 11.9 Å². The highest BCUT2D eigenvalue weighted by Crippen LogP contribution is 2.13. The van der Waals surface area contributed by atoms with Gasteiger partial charge in [-0.25, -0.2) is 0 Å². The van der Waals surface area contributed by atoms with E-state index < -0.39 is 0 Å². The number of carbonyl (C=O) groups is 1. The number of nitrogens with one attached hydrogen (secondary N) is 2. The van der Waals surface area contributed by atoms with E-state index in [0.29, 0.717) is 5.92 Å². The van der Waals surface area contributed by atoms with Crippen LogP contribution < -0.4 is 10.6 Å². The van der Waals surface area contributed by atoms with Crippen molar-refractivity contribution in [1.82, 2.24) is 20.4 Å². The number of hydrogen-bond acceptors (Lipinski definition) is 4. The molecule has 5 nitrogen and oxygen atoms in total. The molecule has 0 bridgehead atoms. The molecule has 0 radical (unpaired) electrons. The summed E-state index contributed by atoms with van der Waals surface area (Å²) in [6.07, 6.45) is 1.20. The second kappa shape index (κ2) is 5.80. The molecule has 0 spiro atoms. The minimum absolute atomic E-state index is 0.00267. The lowest BCUT2D eigenvalue weighted by Crippen LogP contribution is -2.56. The maximum absolute atomic E-state index is 12.0. The summed E-state index contributed by atoms with van der Waals surface area (Å²) in [4.78, 5) is 16.5. The van der Waals surface area contributed by atoms with Gasteiger partial charge in [-0.2, -0.15) is 0 Å². The first-order chi connectivity index (χ1) is 8.16. The number of likely N-dealkylation sites (N-methyl/N-ethyl adjacent to an activating group) is 1. The predicted octanol–water partition coefficient (Wildman–Crippen LogP) is -1.04. The Hall–Kier alpha value is -0.650. The Kier molecular flexibility index (Phi) is 4.36. The largest absolute Gasteiger partial charge is 0.354 e. The van der Waals surface area contributed by atoms with Crippen molar-refractivity contribution in [2.45, 2.75) is 12.5 Å². The molecule has 2 saturated heterocycles. The quantitative estimate of drug-likeness (QED) is 0.661. The third-order valence-electron chi connectivity index (χ3n) is 3.87. The zero-order valence-electron chi connectivity index (χ0n) is 10.9. The van der Waals surface area contributed by atoms with Gasteiger partial charge in [0.25, 0.3) is 0 Å². The van der Waals surface area contributed by atoms with Gasteiger partial charge in [0.1, 0.15) is 6.04 Å². The van der Waals surface area contributed by atoms with Crippen molar-refractivity contribution in [2.24, 2.45) is 5.92 Å². The number of hydrogen-bond donors (Lipinski definition) is 2. The second-order valence-corrected chi connectivity index (χ2v) is 5.36. The van der Waals surface area contributed by atoms with Crippen LogP contribution in [-0.4, -0.2) is 75.1 Å². The van der Waals surface area contributed by atoms with E-state index in [1.54, 1.807) is 0 Å². The SMILES string of the molecule is CN1CCC(CNC(=O)C2CNCCN2C)C1. The van der Waals surface area contributed by atoms with Crippen molar-refractivity contribution in [1.29, 1.82) is 0 Å². The fourth-order valence-electron chi connectivity index (χ4n) is 2.65. The van der Waals surface area contributed by atoms with Crippen LogP contribution >= 0.6 is 0 Å². The Morgan fingerprint density at radius 3 is 2.88 bits per heavy atom. The number of rotatable bonds is 3. The van der Waals surface area contributed by atoms with E-state index in [2.05, 4.69) is 27.5 Å². The molecule has 2 heterocycles. The normalized spacial score (nSPS) is 31.6. The lowest BCUT2D eigenvalue weighted by Gasteiger charge is -2.32. The first-order valence-corrected chi connectivity index (χ1v) is 6.54. The smallest absolute Gasteiger partial charge is 0.238 e. The van der Waals surface area contributed by atoms with Gasteiger partial charge < -0.3 is 15.5 Å². The second-order valence-electron chi connectivity index (χ2n) is 5.36. The van der Waals surface area contributed by atoms with Crippen molar-refractivity contribution in [3.05, 3.63) is 0 Å². The van der Waals surface area contributed by atoms with E-state index in [0.717, 1.165) is 39.3 Å². The zero-order valence-corrected chi connectivity index (χ0v) is 10.9. The van der Waals surface area contributed by atoms with Gasteiger partial charge in [-0.05, 0) is 33.0 Å². The highest BCUT2D eigenvalue weighted by Gasteiger charge is 2.27. The molecule has 0 aliphatic carbocycles. The summed E-state index contributed by atoms with van der Waals surface area (Å²) in [6.45, 7) is 5.79. The fraction of sp³-hybridized carbons (Fsp3) is 0.917. The number of nitrogens with zero attached hydrogens (tertiary/aromatic N) is 2. The van der Waals surface area contributed by atoms with Crippen LogP contribution in [0.3, 0.4) is 0 Å². The molecular weight excluding hydrogens is 216 g/mol. The Morgan fingerprint density at radius 1 is 1.41 bits per heavy atom. The molecule has 2 aliphatic rings. The van der Waals surface area contributed by atoms with Crippen LogP contribution in [0, 0.1) is 5.92 Å². The van der Waals surface area contributed by atoms with E-state index in [1.165, 1.54) is 6.42 Å². The maximum Gasteiger partial charge on any atom is 0.238 e. The van der Waals surface area contributed by atoms with Crippen molar-refractivity contribution < 1.29 is 4.79 Å². The number of carbonyl (C=O) groups excluding carboxylic acids is 1. The molecule has 5 heteroatoms. The molecule has 2 atom stereocenters. The zero-order chi connectivity index (χ0) is 12.3. The summed E-state index contributed by atoms with van der Waals surface area (Å²) in [7, 11) is 4.16. The summed E-state index contributed by atoms with van der Waals surface area (Å²) in [5.41, 5.74) is 0. The Balaban J connectivity index is 1.73. The Labute approximate surface area is 104 Å². The average molecular weight is 240 g/mol. The van der Waals surface area contributed by atoms with Gasteiger partial charge in [-0.15, -0.1) is 0 Å². The molecule has 2 rings (SSSR count). The summed E-state index contributed by atoms with van der Waals surface area (Å²) >= 11 is 0. The van der Waals surface area contributed by atoms with E-state index >= 15 is 0 Å². The van der Waals surface area contributed by atoms with Crippen molar-refractivity contribution in [3.63, 3.8) is 0 Å². The molecule has 98 valence electrons. The molecule has 2 fully saturated rings. The van der Waals surface area contributed by atoms with E-state index in [1.807, 2.05) is 7.05 Å². The highest BCUT2D eigenvalue weighted by molar-refractivity contribution is 5.82. The maximum atomic E-state index is 12.0. The van der Waals surface area contributed by atoms with Crippen LogP contribution in [0.5, 0.6) is 0 Å². The Bertz CT molecular complexity index is 271. The van der Waals surface area contributed by atoms with Crippen LogP contribution in [-0.2, 0) is 4.79 Å². The molecule has 1 amide bonds. The van der Waals surface area contributed by atoms with Gasteiger partial charge >= 0.3 is 0 Å². The number of likely N-dealkylation sites (tertiary alicyclic amines) is 1. The van der Waals surface area contributed by atoms with Gasteiger partial charge in [0.05, 0.1) is 0 Å². The lowest BCUT2D eigenvalue weighted by molar-refractivity contribution is -0.126. The van der Waals surface area contributed by atoms with Crippen LogP contribution in [0.25, 0.3) is 0 Å². The topological polar surface area (TPSA) is 47.6 Å². The van der Waals surface area contributed by atoms with Crippen LogP contribution in [0.4, 0.5) is 0 Å². The van der Waals surface area contributed by atoms with Gasteiger partial charge in [0, 0.05) is 32.7 Å². The van der Waals surface area contributed by atoms with Crippen molar-refractivity contribution in [2.75, 3.05) is 53.4 Å². The number of piperazine rings is 1. The minimum Gasteiger partial charge on any atom is -0.354 e. The van der Waals surface area contributed by atoms with E-state index in [9.17, 15) is 4.79 Å². The summed E-state index contributed by atoms with van der Waals surface area (Å²) in [5, 5.41) is 6.37. The third kappa shape index (κ3) is 3.40. The molecule has 17 heavy (non-hydrogen) atoms. The molecule has 0 saturated carbocycles. The van der Waals surface area contributed by atoms with Crippen LogP contribution in [0.2, 0.25) is 0 Å². The molecule has 2 aliphatic heterocycles. The van der Waals surface area contributed by atoms with Crippen LogP contribution in [0.1, 0.15) is 6.42 Å². The van der Waals surface area contributed by atoms with Gasteiger partial charge in [-0.1, -0.05) is 0 Å². The van der Waals surface area contributed by atoms with Crippen LogP contribution in [0.15, 0.2) is 0 Å². The van der Waals surface area contributed by atoms with Gasteiger partial charge in [-0.3, -0.25) is 9.69 Å². The molecule has 0 aromatic heterocycles. The average Bonchev–Trinajstić information content (AvgIpc) is 2.73. The predicted molar refractivity (Wildman–Crippen MR) is 67.9 cm³/mol. The molecule has 0 aromatic rings.